The van der Waals surface area contributed by atoms with Crippen molar-refractivity contribution in [1.82, 2.24) is 0 Å². The summed E-state index contributed by atoms with van der Waals surface area (Å²) in [5.74, 6) is 1.45. The molecule has 4 heteroatoms. The van der Waals surface area contributed by atoms with Crippen LogP contribution in [0.1, 0.15) is 86.0 Å². The minimum atomic E-state index is -0.706. The molecule has 4 aliphatic carbocycles. The van der Waals surface area contributed by atoms with Crippen molar-refractivity contribution in [3.63, 3.8) is 0 Å². The Morgan fingerprint density at radius 2 is 1.88 bits per heavy atom. The van der Waals surface area contributed by atoms with Gasteiger partial charge in [-0.15, -0.1) is 0 Å². The first-order chi connectivity index (χ1) is 16.1. The van der Waals surface area contributed by atoms with Crippen LogP contribution in [0.15, 0.2) is 35.5 Å². The minimum absolute atomic E-state index is 0.141. The molecule has 0 aromatic rings. The van der Waals surface area contributed by atoms with Gasteiger partial charge in [-0.1, -0.05) is 38.2 Å². The molecule has 2 saturated carbocycles. The Balaban J connectivity index is 1.49. The number of esters is 1. The number of ketones is 2. The highest BCUT2D eigenvalue weighted by atomic mass is 16.5. The Morgan fingerprint density at radius 1 is 1.12 bits per heavy atom. The van der Waals surface area contributed by atoms with Crippen molar-refractivity contribution in [1.29, 1.82) is 0 Å². The van der Waals surface area contributed by atoms with Gasteiger partial charge in [0.2, 0.25) is 0 Å². The Hall–Kier alpha value is -1.97. The largest absolute Gasteiger partial charge is 0.465 e. The molecule has 0 amide bonds. The van der Waals surface area contributed by atoms with Crippen molar-refractivity contribution in [2.45, 2.75) is 86.0 Å². The predicted octanol–water partition coefficient (Wildman–Crippen LogP) is 6.41. The van der Waals surface area contributed by atoms with Crippen LogP contribution in [0.5, 0.6) is 0 Å². The normalized spacial score (nSPS) is 37.7. The van der Waals surface area contributed by atoms with Crippen molar-refractivity contribution in [3.05, 3.63) is 35.5 Å². The van der Waals surface area contributed by atoms with E-state index >= 15 is 0 Å². The first-order valence-electron chi connectivity index (χ1n) is 13.4. The Bertz CT molecular complexity index is 939. The lowest BCUT2D eigenvalue weighted by molar-refractivity contribution is -0.151. The molecule has 0 saturated heterocycles. The van der Waals surface area contributed by atoms with Crippen molar-refractivity contribution in [2.24, 2.45) is 40.4 Å². The topological polar surface area (TPSA) is 60.4 Å². The number of Topliss-reactive ketones (excluding diaryl/α,β-unsaturated/α-hetero) is 2. The summed E-state index contributed by atoms with van der Waals surface area (Å²) in [7, 11) is 0. The van der Waals surface area contributed by atoms with E-state index in [0.29, 0.717) is 36.6 Å². The van der Waals surface area contributed by atoms with Crippen molar-refractivity contribution in [2.75, 3.05) is 6.61 Å². The monoisotopic (exact) mass is 466 g/mol. The summed E-state index contributed by atoms with van der Waals surface area (Å²) in [4.78, 5) is 36.3. The second-order valence-corrected chi connectivity index (χ2v) is 11.7. The van der Waals surface area contributed by atoms with Crippen LogP contribution in [-0.4, -0.2) is 24.1 Å². The lowest BCUT2D eigenvalue weighted by Gasteiger charge is -2.57. The van der Waals surface area contributed by atoms with Crippen LogP contribution in [0, 0.1) is 40.4 Å². The number of hydrogen-bond donors (Lipinski definition) is 0. The molecule has 0 heterocycles. The molecule has 0 aromatic heterocycles. The van der Waals surface area contributed by atoms with E-state index in [1.807, 2.05) is 6.08 Å². The number of ether oxygens (including phenoxy) is 1. The van der Waals surface area contributed by atoms with E-state index in [0.717, 1.165) is 25.7 Å². The number of carbonyl (C=O) groups is 3. The van der Waals surface area contributed by atoms with Crippen LogP contribution in [-0.2, 0) is 19.1 Å². The number of carbonyl (C=O) groups excluding carboxylic acids is 3. The van der Waals surface area contributed by atoms with Gasteiger partial charge in [0.15, 0.2) is 0 Å². The third kappa shape index (κ3) is 4.27. The highest BCUT2D eigenvalue weighted by molar-refractivity contribution is 5.97. The molecule has 4 aliphatic rings. The molecule has 0 radical (unpaired) electrons. The maximum Gasteiger partial charge on any atom is 0.316 e. The van der Waals surface area contributed by atoms with Crippen LogP contribution in [0.25, 0.3) is 0 Å². The fraction of sp³-hybridized carbons (Fsp3) is 0.700. The molecule has 2 fully saturated rings. The first kappa shape index (κ1) is 25.1. The van der Waals surface area contributed by atoms with Crippen LogP contribution in [0.3, 0.4) is 0 Å². The molecule has 0 aromatic carbocycles. The number of rotatable bonds is 7. The molecule has 1 unspecified atom stereocenters. The summed E-state index contributed by atoms with van der Waals surface area (Å²) in [6.07, 6.45) is 17.3. The van der Waals surface area contributed by atoms with Gasteiger partial charge in [0, 0.05) is 5.92 Å². The summed E-state index contributed by atoms with van der Waals surface area (Å²) < 4.78 is 5.06. The lowest BCUT2D eigenvalue weighted by Crippen LogP contribution is -2.49. The fourth-order valence-corrected chi connectivity index (χ4v) is 8.17. The summed E-state index contributed by atoms with van der Waals surface area (Å²) in [5.41, 5.74) is 3.16. The summed E-state index contributed by atoms with van der Waals surface area (Å²) >= 11 is 0. The van der Waals surface area contributed by atoms with Gasteiger partial charge in [-0.05, 0) is 112 Å². The molecule has 7 atom stereocenters. The van der Waals surface area contributed by atoms with Gasteiger partial charge in [-0.25, -0.2) is 0 Å². The Labute approximate surface area is 205 Å². The molecule has 4 rings (SSSR count). The first-order valence-corrected chi connectivity index (χ1v) is 13.4. The number of allylic oxidation sites excluding steroid dienone is 6. The van der Waals surface area contributed by atoms with Gasteiger partial charge in [0.1, 0.15) is 17.5 Å². The summed E-state index contributed by atoms with van der Waals surface area (Å²) in [5, 5.41) is 0. The van der Waals surface area contributed by atoms with Crippen LogP contribution >= 0.6 is 0 Å². The predicted molar refractivity (Wildman–Crippen MR) is 134 cm³/mol. The summed E-state index contributed by atoms with van der Waals surface area (Å²) in [6, 6.07) is 0. The molecule has 34 heavy (non-hydrogen) atoms. The van der Waals surface area contributed by atoms with E-state index in [4.69, 9.17) is 4.74 Å². The quantitative estimate of drug-likeness (QED) is 0.321. The van der Waals surface area contributed by atoms with Crippen molar-refractivity contribution in [3.8, 4) is 0 Å². The van der Waals surface area contributed by atoms with Gasteiger partial charge >= 0.3 is 5.97 Å². The highest BCUT2D eigenvalue weighted by Gasteiger charge is 2.58. The summed E-state index contributed by atoms with van der Waals surface area (Å²) in [6.45, 7) is 10.2. The van der Waals surface area contributed by atoms with Crippen LogP contribution in [0.4, 0.5) is 0 Å². The third-order valence-electron chi connectivity index (χ3n) is 10.1. The molecular weight excluding hydrogens is 424 g/mol. The minimum Gasteiger partial charge on any atom is -0.465 e. The van der Waals surface area contributed by atoms with E-state index in [1.54, 1.807) is 13.8 Å². The molecule has 0 aliphatic heterocycles. The van der Waals surface area contributed by atoms with Gasteiger partial charge < -0.3 is 4.74 Å². The third-order valence-corrected chi connectivity index (χ3v) is 10.1. The SMILES string of the molecule is CCOC(=O)C(C/C=C/C1=CC2=CC[C@H]3[C@@H]4CC[C@H](C(C)=O)[C@@]4(C)CC[C@@H]3[C@@]2(C)CC1)C(C)=O. The van der Waals surface area contributed by atoms with Crippen molar-refractivity contribution < 1.29 is 19.1 Å². The smallest absolute Gasteiger partial charge is 0.316 e. The second-order valence-electron chi connectivity index (χ2n) is 11.7. The second kappa shape index (κ2) is 9.59. The van der Waals surface area contributed by atoms with E-state index in [9.17, 15) is 14.4 Å². The van der Waals surface area contributed by atoms with Crippen LogP contribution in [0.2, 0.25) is 0 Å². The molecule has 186 valence electrons. The average Bonchev–Trinajstić information content (AvgIpc) is 3.14. The maximum atomic E-state index is 12.4. The number of fused-ring (bicyclic) bond motifs is 5. The molecular formula is C30H42O4. The zero-order valence-electron chi connectivity index (χ0n) is 21.7. The van der Waals surface area contributed by atoms with E-state index in [2.05, 4.69) is 32.1 Å². The van der Waals surface area contributed by atoms with Crippen LogP contribution < -0.4 is 0 Å². The lowest BCUT2D eigenvalue weighted by atomic mass is 9.47. The zero-order chi connectivity index (χ0) is 24.7. The van der Waals surface area contributed by atoms with E-state index in [1.165, 1.54) is 37.3 Å². The molecule has 0 spiro atoms. The Kier molecular flexibility index (Phi) is 7.09. The van der Waals surface area contributed by atoms with E-state index in [-0.39, 0.29) is 22.5 Å². The highest BCUT2D eigenvalue weighted by Crippen LogP contribution is 2.66. The van der Waals surface area contributed by atoms with Gasteiger partial charge in [-0.3, -0.25) is 14.4 Å². The standard InChI is InChI=1S/C30H42O4/c1-6-34-28(33)23(19(2)31)9-7-8-21-14-16-29(4)22(18-21)10-11-24-26-13-12-25(20(3)32)30(26,5)17-15-27(24)29/h7-8,10,18,23-27H,6,9,11-17H2,1-5H3/b8-7+/t23?,24-,25+,26-,27-,29-,30+/m0/s1. The fourth-order valence-electron chi connectivity index (χ4n) is 8.17. The molecule has 4 nitrogen and oxygen atoms in total. The number of hydrogen-bond acceptors (Lipinski definition) is 4. The maximum absolute atomic E-state index is 12.4. The zero-order valence-corrected chi connectivity index (χ0v) is 21.7. The molecule has 0 bridgehead atoms. The van der Waals surface area contributed by atoms with Crippen molar-refractivity contribution >= 4 is 17.5 Å². The molecule has 0 N–H and O–H groups in total. The Morgan fingerprint density at radius 3 is 2.56 bits per heavy atom. The average molecular weight is 467 g/mol. The van der Waals surface area contributed by atoms with Gasteiger partial charge in [0.25, 0.3) is 0 Å². The van der Waals surface area contributed by atoms with Gasteiger partial charge in [0.05, 0.1) is 6.61 Å². The van der Waals surface area contributed by atoms with Gasteiger partial charge in [-0.2, -0.15) is 0 Å². The van der Waals surface area contributed by atoms with E-state index < -0.39 is 11.9 Å².